The van der Waals surface area contributed by atoms with Crippen LogP contribution in [-0.2, 0) is 26.0 Å². The second-order valence-electron chi connectivity index (χ2n) is 6.30. The number of sulfonamides is 1. The van der Waals surface area contributed by atoms with Crippen LogP contribution in [0.3, 0.4) is 0 Å². The van der Waals surface area contributed by atoms with Crippen LogP contribution in [0.2, 0.25) is 0 Å². The van der Waals surface area contributed by atoms with Crippen LogP contribution in [0, 0.1) is 5.41 Å². The Labute approximate surface area is 129 Å². The van der Waals surface area contributed by atoms with Crippen molar-refractivity contribution in [3.8, 4) is 0 Å². The summed E-state index contributed by atoms with van der Waals surface area (Å²) in [5, 5.41) is 5.04. The SMILES string of the molecule is CC1(C)CCC(OC(=O)Cc2ccc(S(N)(=O)=O)s2)CC1. The number of carbonyl (C=O) groups excluding carboxylic acids is 1. The van der Waals surface area contributed by atoms with Gasteiger partial charge in [-0.15, -0.1) is 11.3 Å². The summed E-state index contributed by atoms with van der Waals surface area (Å²) < 4.78 is 27.9. The van der Waals surface area contributed by atoms with Gasteiger partial charge in [-0.1, -0.05) is 13.8 Å². The van der Waals surface area contributed by atoms with Gasteiger partial charge in [0, 0.05) is 4.88 Å². The zero-order chi connectivity index (χ0) is 15.7. The van der Waals surface area contributed by atoms with Crippen LogP contribution < -0.4 is 5.14 Å². The van der Waals surface area contributed by atoms with E-state index < -0.39 is 10.0 Å². The van der Waals surface area contributed by atoms with Crippen molar-refractivity contribution in [1.82, 2.24) is 0 Å². The predicted octanol–water partition coefficient (Wildman–Crippen LogP) is 2.45. The molecule has 0 bridgehead atoms. The van der Waals surface area contributed by atoms with E-state index in [0.29, 0.717) is 10.3 Å². The van der Waals surface area contributed by atoms with Crippen molar-refractivity contribution in [2.24, 2.45) is 10.6 Å². The van der Waals surface area contributed by atoms with Gasteiger partial charge in [-0.2, -0.15) is 0 Å². The highest BCUT2D eigenvalue weighted by molar-refractivity contribution is 7.91. The maximum atomic E-state index is 11.9. The Morgan fingerprint density at radius 3 is 2.52 bits per heavy atom. The van der Waals surface area contributed by atoms with Crippen LogP contribution in [0.15, 0.2) is 16.3 Å². The third-order valence-corrected chi connectivity index (χ3v) is 6.34. The molecule has 1 aromatic rings. The van der Waals surface area contributed by atoms with Crippen LogP contribution in [0.4, 0.5) is 0 Å². The Bertz CT molecular complexity index is 609. The first-order valence-corrected chi connectivity index (χ1v) is 9.33. The molecule has 1 aliphatic carbocycles. The van der Waals surface area contributed by atoms with E-state index in [1.54, 1.807) is 6.07 Å². The van der Waals surface area contributed by atoms with Gasteiger partial charge in [-0.05, 0) is 43.2 Å². The van der Waals surface area contributed by atoms with Crippen molar-refractivity contribution in [2.75, 3.05) is 0 Å². The molecule has 1 aliphatic rings. The summed E-state index contributed by atoms with van der Waals surface area (Å²) in [7, 11) is -3.69. The summed E-state index contributed by atoms with van der Waals surface area (Å²) in [5.41, 5.74) is 0.334. The number of hydrogen-bond acceptors (Lipinski definition) is 5. The summed E-state index contributed by atoms with van der Waals surface area (Å²) in [6.45, 7) is 4.46. The topological polar surface area (TPSA) is 86.5 Å². The average Bonchev–Trinajstić information content (AvgIpc) is 2.80. The van der Waals surface area contributed by atoms with Gasteiger partial charge in [-0.3, -0.25) is 4.79 Å². The fourth-order valence-electron chi connectivity index (χ4n) is 2.47. The number of rotatable bonds is 4. The van der Waals surface area contributed by atoms with Gasteiger partial charge in [0.2, 0.25) is 10.0 Å². The van der Waals surface area contributed by atoms with Crippen LogP contribution in [-0.4, -0.2) is 20.5 Å². The lowest BCUT2D eigenvalue weighted by molar-refractivity contribution is -0.150. The van der Waals surface area contributed by atoms with E-state index in [9.17, 15) is 13.2 Å². The molecule has 0 spiro atoms. The first-order valence-electron chi connectivity index (χ1n) is 6.97. The molecule has 2 N–H and O–H groups in total. The van der Waals surface area contributed by atoms with Crippen LogP contribution >= 0.6 is 11.3 Å². The summed E-state index contributed by atoms with van der Waals surface area (Å²) >= 11 is 1.02. The quantitative estimate of drug-likeness (QED) is 0.859. The van der Waals surface area contributed by atoms with E-state index in [-0.39, 0.29) is 22.7 Å². The van der Waals surface area contributed by atoms with Crippen molar-refractivity contribution in [1.29, 1.82) is 0 Å². The van der Waals surface area contributed by atoms with E-state index in [4.69, 9.17) is 9.88 Å². The first-order chi connectivity index (χ1) is 9.66. The third-order valence-electron chi connectivity index (χ3n) is 3.82. The van der Waals surface area contributed by atoms with Crippen LogP contribution in [0.5, 0.6) is 0 Å². The zero-order valence-electron chi connectivity index (χ0n) is 12.3. The lowest BCUT2D eigenvalue weighted by Gasteiger charge is -2.33. The number of ether oxygens (including phenoxy) is 1. The maximum Gasteiger partial charge on any atom is 0.311 e. The first kappa shape index (κ1) is 16.5. The summed E-state index contributed by atoms with van der Waals surface area (Å²) in [6, 6.07) is 3.03. The Balaban J connectivity index is 1.87. The van der Waals surface area contributed by atoms with Crippen molar-refractivity contribution in [3.05, 3.63) is 17.0 Å². The molecular formula is C14H21NO4S2. The molecule has 1 saturated carbocycles. The second-order valence-corrected chi connectivity index (χ2v) is 9.25. The van der Waals surface area contributed by atoms with Crippen molar-refractivity contribution < 1.29 is 17.9 Å². The molecule has 1 heterocycles. The number of thiophene rings is 1. The van der Waals surface area contributed by atoms with Gasteiger partial charge in [0.05, 0.1) is 6.42 Å². The Kier molecular flexibility index (Phi) is 4.75. The van der Waals surface area contributed by atoms with Gasteiger partial charge in [0.25, 0.3) is 0 Å². The lowest BCUT2D eigenvalue weighted by atomic mass is 9.76. The van der Waals surface area contributed by atoms with E-state index >= 15 is 0 Å². The van der Waals surface area contributed by atoms with Crippen LogP contribution in [0.25, 0.3) is 0 Å². The fourth-order valence-corrected chi connectivity index (χ4v) is 4.23. The van der Waals surface area contributed by atoms with E-state index in [1.807, 2.05) is 0 Å². The minimum absolute atomic E-state index is 0.0109. The molecule has 1 fully saturated rings. The summed E-state index contributed by atoms with van der Waals surface area (Å²) in [5.74, 6) is -0.303. The normalized spacial score (nSPS) is 19.4. The Morgan fingerprint density at radius 1 is 1.38 bits per heavy atom. The van der Waals surface area contributed by atoms with Crippen LogP contribution in [0.1, 0.15) is 44.4 Å². The highest BCUT2D eigenvalue weighted by atomic mass is 32.2. The average molecular weight is 331 g/mol. The molecule has 118 valence electrons. The van der Waals surface area contributed by atoms with E-state index in [2.05, 4.69) is 13.8 Å². The minimum Gasteiger partial charge on any atom is -0.462 e. The largest absolute Gasteiger partial charge is 0.462 e. The number of esters is 1. The molecule has 21 heavy (non-hydrogen) atoms. The maximum absolute atomic E-state index is 11.9. The molecule has 0 unspecified atom stereocenters. The number of nitrogens with two attached hydrogens (primary N) is 1. The highest BCUT2D eigenvalue weighted by Crippen LogP contribution is 2.36. The summed E-state index contributed by atoms with van der Waals surface area (Å²) in [4.78, 5) is 12.6. The second kappa shape index (κ2) is 6.06. The van der Waals surface area contributed by atoms with Crippen molar-refractivity contribution >= 4 is 27.3 Å². The molecule has 0 aliphatic heterocycles. The van der Waals surface area contributed by atoms with Gasteiger partial charge in [0.1, 0.15) is 10.3 Å². The highest BCUT2D eigenvalue weighted by Gasteiger charge is 2.28. The Hall–Kier alpha value is -0.920. The Morgan fingerprint density at radius 2 is 2.00 bits per heavy atom. The number of hydrogen-bond donors (Lipinski definition) is 1. The van der Waals surface area contributed by atoms with E-state index in [0.717, 1.165) is 37.0 Å². The molecule has 0 aromatic carbocycles. The standard InChI is InChI=1S/C14H21NO4S2/c1-14(2)7-5-10(6-8-14)19-12(16)9-11-3-4-13(20-11)21(15,17)18/h3-4,10H,5-9H2,1-2H3,(H2,15,17,18). The molecular weight excluding hydrogens is 310 g/mol. The molecule has 5 nitrogen and oxygen atoms in total. The predicted molar refractivity (Wildman–Crippen MR) is 81.5 cm³/mol. The molecule has 1 aromatic heterocycles. The molecule has 0 amide bonds. The smallest absolute Gasteiger partial charge is 0.311 e. The molecule has 0 saturated heterocycles. The third kappa shape index (κ3) is 4.79. The van der Waals surface area contributed by atoms with Gasteiger partial charge < -0.3 is 4.74 Å². The zero-order valence-corrected chi connectivity index (χ0v) is 13.9. The van der Waals surface area contributed by atoms with Crippen molar-refractivity contribution in [2.45, 2.75) is 56.3 Å². The molecule has 2 rings (SSSR count). The fraction of sp³-hybridized carbons (Fsp3) is 0.643. The number of carbonyl (C=O) groups is 1. The molecule has 7 heteroatoms. The van der Waals surface area contributed by atoms with Gasteiger partial charge >= 0.3 is 5.97 Å². The number of primary sulfonamides is 1. The lowest BCUT2D eigenvalue weighted by Crippen LogP contribution is -2.28. The summed E-state index contributed by atoms with van der Waals surface area (Å²) in [6.07, 6.45) is 3.99. The van der Waals surface area contributed by atoms with Gasteiger partial charge in [0.15, 0.2) is 0 Å². The van der Waals surface area contributed by atoms with Crippen molar-refractivity contribution in [3.63, 3.8) is 0 Å². The molecule has 0 radical (unpaired) electrons. The van der Waals surface area contributed by atoms with Gasteiger partial charge in [-0.25, -0.2) is 13.6 Å². The van der Waals surface area contributed by atoms with E-state index in [1.165, 1.54) is 6.07 Å². The molecule has 0 atom stereocenters. The minimum atomic E-state index is -3.69. The monoisotopic (exact) mass is 331 g/mol.